The van der Waals surface area contributed by atoms with Gasteiger partial charge in [-0.25, -0.2) is 0 Å². The number of rotatable bonds is 5. The first kappa shape index (κ1) is 19.1. The lowest BCUT2D eigenvalue weighted by Crippen LogP contribution is -2.35. The van der Waals surface area contributed by atoms with Gasteiger partial charge in [-0.2, -0.15) is 0 Å². The van der Waals surface area contributed by atoms with Crippen LogP contribution in [0, 0.1) is 5.92 Å². The van der Waals surface area contributed by atoms with Crippen LogP contribution >= 0.6 is 11.6 Å². The van der Waals surface area contributed by atoms with E-state index in [4.69, 9.17) is 16.3 Å². The van der Waals surface area contributed by atoms with Crippen LogP contribution in [0.5, 0.6) is 0 Å². The summed E-state index contributed by atoms with van der Waals surface area (Å²) in [6, 6.07) is 15.2. The molecule has 146 valence electrons. The number of nitrogens with zero attached hydrogens (tertiary/aromatic N) is 2. The van der Waals surface area contributed by atoms with Gasteiger partial charge in [-0.05, 0) is 35.7 Å². The fraction of sp³-hybridized carbons (Fsp3) is 0.364. The number of amides is 2. The molecule has 2 fully saturated rings. The van der Waals surface area contributed by atoms with Gasteiger partial charge in [-0.15, -0.1) is 0 Å². The highest BCUT2D eigenvalue weighted by atomic mass is 35.5. The van der Waals surface area contributed by atoms with Crippen molar-refractivity contribution in [2.75, 3.05) is 31.2 Å². The Morgan fingerprint density at radius 1 is 1.00 bits per heavy atom. The van der Waals surface area contributed by atoms with Crippen LogP contribution in [0.3, 0.4) is 0 Å². The van der Waals surface area contributed by atoms with Gasteiger partial charge in [0.05, 0.1) is 24.8 Å². The summed E-state index contributed by atoms with van der Waals surface area (Å²) in [7, 11) is 0. The summed E-state index contributed by atoms with van der Waals surface area (Å²) >= 11 is 6.01. The Hall–Kier alpha value is -2.21. The van der Waals surface area contributed by atoms with Crippen molar-refractivity contribution in [1.82, 2.24) is 4.90 Å². The molecule has 2 heterocycles. The fourth-order valence-corrected chi connectivity index (χ4v) is 4.01. The van der Waals surface area contributed by atoms with Crippen LogP contribution in [0.4, 0.5) is 5.69 Å². The molecule has 0 aromatic heterocycles. The fourth-order valence-electron chi connectivity index (χ4n) is 3.82. The Bertz CT molecular complexity index is 862. The molecule has 2 amide bonds. The Kier molecular flexibility index (Phi) is 5.76. The predicted molar refractivity (Wildman–Crippen MR) is 108 cm³/mol. The number of halogens is 1. The Labute approximate surface area is 169 Å². The van der Waals surface area contributed by atoms with Crippen molar-refractivity contribution in [2.24, 2.45) is 5.92 Å². The van der Waals surface area contributed by atoms with Gasteiger partial charge in [0, 0.05) is 31.1 Å². The Morgan fingerprint density at radius 2 is 1.71 bits per heavy atom. The Balaban J connectivity index is 1.40. The summed E-state index contributed by atoms with van der Waals surface area (Å²) < 4.78 is 5.38. The van der Waals surface area contributed by atoms with Crippen molar-refractivity contribution < 1.29 is 14.3 Å². The van der Waals surface area contributed by atoms with Crippen LogP contribution in [-0.2, 0) is 27.3 Å². The molecular weight excluding hydrogens is 376 g/mol. The zero-order valence-corrected chi connectivity index (χ0v) is 16.4. The number of imide groups is 1. The SMILES string of the molecule is O=C1CC(Cc2ccc(CN3CCOCC3)cc2)C(=O)N1c1cccc(Cl)c1. The van der Waals surface area contributed by atoms with E-state index >= 15 is 0 Å². The molecule has 4 rings (SSSR count). The molecule has 1 unspecified atom stereocenters. The second-order valence-corrected chi connectivity index (χ2v) is 7.79. The van der Waals surface area contributed by atoms with Crippen molar-refractivity contribution in [3.63, 3.8) is 0 Å². The van der Waals surface area contributed by atoms with E-state index in [1.807, 2.05) is 0 Å². The zero-order chi connectivity index (χ0) is 19.5. The third kappa shape index (κ3) is 4.27. The van der Waals surface area contributed by atoms with E-state index in [0.717, 1.165) is 38.4 Å². The van der Waals surface area contributed by atoms with Crippen LogP contribution in [-0.4, -0.2) is 43.0 Å². The summed E-state index contributed by atoms with van der Waals surface area (Å²) in [5, 5.41) is 0.511. The molecule has 2 saturated heterocycles. The Morgan fingerprint density at radius 3 is 2.43 bits per heavy atom. The lowest BCUT2D eigenvalue weighted by Gasteiger charge is -2.26. The van der Waals surface area contributed by atoms with Crippen molar-refractivity contribution >= 4 is 29.1 Å². The third-order valence-electron chi connectivity index (χ3n) is 5.32. The van der Waals surface area contributed by atoms with Gasteiger partial charge in [-0.3, -0.25) is 19.4 Å². The molecule has 28 heavy (non-hydrogen) atoms. The predicted octanol–water partition coefficient (Wildman–Crippen LogP) is 3.29. The van der Waals surface area contributed by atoms with Crippen molar-refractivity contribution in [2.45, 2.75) is 19.4 Å². The molecular formula is C22H23ClN2O3. The minimum Gasteiger partial charge on any atom is -0.379 e. The number of carbonyl (C=O) groups excluding carboxylic acids is 2. The average Bonchev–Trinajstić information content (AvgIpc) is 2.97. The second kappa shape index (κ2) is 8.43. The molecule has 0 aliphatic carbocycles. The minimum atomic E-state index is -0.323. The number of morpholine rings is 1. The van der Waals surface area contributed by atoms with Crippen LogP contribution in [0.2, 0.25) is 5.02 Å². The highest BCUT2D eigenvalue weighted by Crippen LogP contribution is 2.30. The lowest BCUT2D eigenvalue weighted by atomic mass is 9.97. The quantitative estimate of drug-likeness (QED) is 0.725. The number of ether oxygens (including phenoxy) is 1. The number of hydrogen-bond donors (Lipinski definition) is 0. The maximum absolute atomic E-state index is 12.8. The molecule has 2 aromatic carbocycles. The van der Waals surface area contributed by atoms with Gasteiger partial charge in [0.25, 0.3) is 0 Å². The first-order chi connectivity index (χ1) is 13.6. The highest BCUT2D eigenvalue weighted by Gasteiger charge is 2.39. The topological polar surface area (TPSA) is 49.9 Å². The van der Waals surface area contributed by atoms with Gasteiger partial charge in [-0.1, -0.05) is 41.9 Å². The second-order valence-electron chi connectivity index (χ2n) is 7.36. The summed E-state index contributed by atoms with van der Waals surface area (Å²) in [4.78, 5) is 28.9. The molecule has 2 aliphatic rings. The smallest absolute Gasteiger partial charge is 0.237 e. The number of hydrogen-bond acceptors (Lipinski definition) is 4. The maximum Gasteiger partial charge on any atom is 0.237 e. The van der Waals surface area contributed by atoms with Crippen LogP contribution in [0.15, 0.2) is 48.5 Å². The van der Waals surface area contributed by atoms with Crippen LogP contribution < -0.4 is 4.90 Å². The normalized spacial score (nSPS) is 20.8. The molecule has 1 atom stereocenters. The standard InChI is InChI=1S/C22H23ClN2O3/c23-19-2-1-3-20(14-19)25-21(26)13-18(22(25)27)12-16-4-6-17(7-5-16)15-24-8-10-28-11-9-24/h1-7,14,18H,8-13,15H2. The molecule has 0 saturated carbocycles. The van der Waals surface area contributed by atoms with Crippen LogP contribution in [0.1, 0.15) is 17.5 Å². The lowest BCUT2D eigenvalue weighted by molar-refractivity contribution is -0.122. The van der Waals surface area contributed by atoms with Gasteiger partial charge in [0.15, 0.2) is 0 Å². The van der Waals surface area contributed by atoms with E-state index in [1.54, 1.807) is 24.3 Å². The molecule has 2 aromatic rings. The summed E-state index contributed by atoms with van der Waals surface area (Å²) in [6.07, 6.45) is 0.806. The van der Waals surface area contributed by atoms with E-state index in [1.165, 1.54) is 10.5 Å². The van der Waals surface area contributed by atoms with Crippen molar-refractivity contribution in [1.29, 1.82) is 0 Å². The van der Waals surface area contributed by atoms with E-state index in [0.29, 0.717) is 17.1 Å². The van der Waals surface area contributed by atoms with Gasteiger partial charge < -0.3 is 4.74 Å². The number of anilines is 1. The van der Waals surface area contributed by atoms with Crippen molar-refractivity contribution in [3.05, 3.63) is 64.7 Å². The summed E-state index contributed by atoms with van der Waals surface area (Å²) in [5.41, 5.74) is 2.87. The molecule has 6 heteroatoms. The molecule has 5 nitrogen and oxygen atoms in total. The van der Waals surface area contributed by atoms with Gasteiger partial charge >= 0.3 is 0 Å². The van der Waals surface area contributed by atoms with E-state index in [2.05, 4.69) is 29.2 Å². The number of carbonyl (C=O) groups is 2. The summed E-state index contributed by atoms with van der Waals surface area (Å²) in [5.74, 6) is -0.637. The van der Waals surface area contributed by atoms with E-state index < -0.39 is 0 Å². The maximum atomic E-state index is 12.8. The van der Waals surface area contributed by atoms with Crippen LogP contribution in [0.25, 0.3) is 0 Å². The van der Waals surface area contributed by atoms with E-state index in [9.17, 15) is 9.59 Å². The zero-order valence-electron chi connectivity index (χ0n) is 15.6. The molecule has 0 N–H and O–H groups in total. The average molecular weight is 399 g/mol. The molecule has 2 aliphatic heterocycles. The molecule has 0 bridgehead atoms. The highest BCUT2D eigenvalue weighted by molar-refractivity contribution is 6.31. The minimum absolute atomic E-state index is 0.148. The number of benzene rings is 2. The van der Waals surface area contributed by atoms with Gasteiger partial charge in [0.2, 0.25) is 11.8 Å². The monoisotopic (exact) mass is 398 g/mol. The largest absolute Gasteiger partial charge is 0.379 e. The van der Waals surface area contributed by atoms with Gasteiger partial charge in [0.1, 0.15) is 0 Å². The van der Waals surface area contributed by atoms with Crippen molar-refractivity contribution in [3.8, 4) is 0 Å². The summed E-state index contributed by atoms with van der Waals surface area (Å²) in [6.45, 7) is 4.41. The third-order valence-corrected chi connectivity index (χ3v) is 5.56. The van der Waals surface area contributed by atoms with E-state index in [-0.39, 0.29) is 24.2 Å². The first-order valence-electron chi connectivity index (χ1n) is 9.60. The molecule has 0 radical (unpaired) electrons. The first-order valence-corrected chi connectivity index (χ1v) is 9.98. The molecule has 0 spiro atoms.